The first kappa shape index (κ1) is 18.0. The number of aromatic nitrogens is 2. The molecule has 1 N–H and O–H groups in total. The minimum Gasteiger partial charge on any atom is -0.339 e. The molecule has 2 amide bonds. The summed E-state index contributed by atoms with van der Waals surface area (Å²) >= 11 is 6.23. The molecule has 0 radical (unpaired) electrons. The standard InChI is InChI=1S/C20H23ClN4O2/c21-17-8-4-1-5-14(17)13-25-18(9-10-22-25)23-20(27)15-11-19(26)24(12-15)16-6-2-3-7-16/h1,4-5,8-10,15-16H,2-3,6-7,11-13H2,(H,23,27)/t15-/m0/s1. The summed E-state index contributed by atoms with van der Waals surface area (Å²) in [6.07, 6.45) is 6.41. The average molecular weight is 387 g/mol. The number of rotatable bonds is 5. The summed E-state index contributed by atoms with van der Waals surface area (Å²) in [7, 11) is 0. The van der Waals surface area contributed by atoms with Gasteiger partial charge in [-0.25, -0.2) is 4.68 Å². The smallest absolute Gasteiger partial charge is 0.230 e. The highest BCUT2D eigenvalue weighted by molar-refractivity contribution is 6.31. The zero-order valence-corrected chi connectivity index (χ0v) is 15.9. The zero-order valence-electron chi connectivity index (χ0n) is 15.1. The highest BCUT2D eigenvalue weighted by Crippen LogP contribution is 2.30. The first-order valence-electron chi connectivity index (χ1n) is 9.47. The van der Waals surface area contributed by atoms with Crippen LogP contribution in [-0.2, 0) is 16.1 Å². The number of carbonyl (C=O) groups excluding carboxylic acids is 2. The SMILES string of the molecule is O=C(Nc1ccnn1Cc1ccccc1Cl)[C@H]1CC(=O)N(C2CCCC2)C1. The van der Waals surface area contributed by atoms with Crippen molar-refractivity contribution in [2.75, 3.05) is 11.9 Å². The van der Waals surface area contributed by atoms with Gasteiger partial charge in [0.2, 0.25) is 11.8 Å². The molecular weight excluding hydrogens is 364 g/mol. The van der Waals surface area contributed by atoms with E-state index in [1.807, 2.05) is 29.2 Å². The van der Waals surface area contributed by atoms with Crippen molar-refractivity contribution in [1.29, 1.82) is 0 Å². The summed E-state index contributed by atoms with van der Waals surface area (Å²) in [6.45, 7) is 0.994. The van der Waals surface area contributed by atoms with Gasteiger partial charge in [-0.2, -0.15) is 5.10 Å². The predicted molar refractivity (Wildman–Crippen MR) is 103 cm³/mol. The van der Waals surface area contributed by atoms with Crippen LogP contribution in [-0.4, -0.2) is 39.1 Å². The number of nitrogens with one attached hydrogen (secondary N) is 1. The summed E-state index contributed by atoms with van der Waals surface area (Å²) in [4.78, 5) is 27.0. The van der Waals surface area contributed by atoms with E-state index < -0.39 is 0 Å². The molecule has 1 aromatic heterocycles. The monoisotopic (exact) mass is 386 g/mol. The second-order valence-corrected chi connectivity index (χ2v) is 7.75. The number of hydrogen-bond acceptors (Lipinski definition) is 3. The first-order valence-corrected chi connectivity index (χ1v) is 9.85. The second kappa shape index (κ2) is 7.72. The molecule has 27 heavy (non-hydrogen) atoms. The molecule has 142 valence electrons. The Balaban J connectivity index is 1.41. The van der Waals surface area contributed by atoms with Gasteiger partial charge >= 0.3 is 0 Å². The van der Waals surface area contributed by atoms with E-state index in [-0.39, 0.29) is 17.7 Å². The Hall–Kier alpha value is -2.34. The molecule has 1 saturated carbocycles. The van der Waals surface area contributed by atoms with Crippen LogP contribution in [0.4, 0.5) is 5.82 Å². The van der Waals surface area contributed by atoms with E-state index in [2.05, 4.69) is 10.4 Å². The third-order valence-electron chi connectivity index (χ3n) is 5.54. The number of anilines is 1. The van der Waals surface area contributed by atoms with Crippen LogP contribution in [0, 0.1) is 5.92 Å². The number of likely N-dealkylation sites (tertiary alicyclic amines) is 1. The Labute approximate surface area is 163 Å². The summed E-state index contributed by atoms with van der Waals surface area (Å²) in [5.74, 6) is 0.296. The lowest BCUT2D eigenvalue weighted by Crippen LogP contribution is -2.35. The summed E-state index contributed by atoms with van der Waals surface area (Å²) < 4.78 is 1.71. The maximum Gasteiger partial charge on any atom is 0.230 e. The molecule has 1 aliphatic carbocycles. The second-order valence-electron chi connectivity index (χ2n) is 7.34. The van der Waals surface area contributed by atoms with Gasteiger partial charge in [-0.1, -0.05) is 42.6 Å². The summed E-state index contributed by atoms with van der Waals surface area (Å²) in [5.41, 5.74) is 0.932. The van der Waals surface area contributed by atoms with Crippen LogP contribution < -0.4 is 5.32 Å². The van der Waals surface area contributed by atoms with Crippen LogP contribution in [0.3, 0.4) is 0 Å². The first-order chi connectivity index (χ1) is 13.1. The lowest BCUT2D eigenvalue weighted by Gasteiger charge is -2.23. The highest BCUT2D eigenvalue weighted by Gasteiger charge is 2.38. The molecular formula is C20H23ClN4O2. The minimum atomic E-state index is -0.304. The zero-order chi connectivity index (χ0) is 18.8. The number of carbonyl (C=O) groups is 2. The summed E-state index contributed by atoms with van der Waals surface area (Å²) in [5, 5.41) is 7.90. The molecule has 4 rings (SSSR count). The molecule has 1 atom stereocenters. The van der Waals surface area contributed by atoms with Crippen molar-refractivity contribution < 1.29 is 9.59 Å². The van der Waals surface area contributed by atoms with Gasteiger partial charge in [-0.05, 0) is 24.5 Å². The van der Waals surface area contributed by atoms with Crippen molar-refractivity contribution in [3.63, 3.8) is 0 Å². The highest BCUT2D eigenvalue weighted by atomic mass is 35.5. The van der Waals surface area contributed by atoms with Gasteiger partial charge in [-0.3, -0.25) is 9.59 Å². The fourth-order valence-electron chi connectivity index (χ4n) is 4.06. The van der Waals surface area contributed by atoms with Crippen LogP contribution in [0.15, 0.2) is 36.5 Å². The fraction of sp³-hybridized carbons (Fsp3) is 0.450. The van der Waals surface area contributed by atoms with Gasteiger partial charge in [0, 0.05) is 30.1 Å². The van der Waals surface area contributed by atoms with E-state index in [0.29, 0.717) is 36.4 Å². The molecule has 0 unspecified atom stereocenters. The quantitative estimate of drug-likeness (QED) is 0.857. The molecule has 2 aliphatic rings. The average Bonchev–Trinajstić information content (AvgIpc) is 3.38. The van der Waals surface area contributed by atoms with E-state index in [9.17, 15) is 9.59 Å². The topological polar surface area (TPSA) is 67.2 Å². The Bertz CT molecular complexity index is 844. The summed E-state index contributed by atoms with van der Waals surface area (Å²) in [6, 6.07) is 9.65. The molecule has 0 bridgehead atoms. The Morgan fingerprint density at radius 1 is 1.22 bits per heavy atom. The normalized spacial score (nSPS) is 20.4. The van der Waals surface area contributed by atoms with Crippen LogP contribution in [0.2, 0.25) is 5.02 Å². The molecule has 1 saturated heterocycles. The Kier molecular flexibility index (Phi) is 5.16. The van der Waals surface area contributed by atoms with Gasteiger partial charge in [0.05, 0.1) is 18.7 Å². The Morgan fingerprint density at radius 3 is 2.78 bits per heavy atom. The van der Waals surface area contributed by atoms with Crippen LogP contribution in [0.1, 0.15) is 37.7 Å². The molecule has 0 spiro atoms. The Morgan fingerprint density at radius 2 is 2.00 bits per heavy atom. The lowest BCUT2D eigenvalue weighted by molar-refractivity contribution is -0.129. The maximum atomic E-state index is 12.7. The molecule has 6 nitrogen and oxygen atoms in total. The number of nitrogens with zero attached hydrogens (tertiary/aromatic N) is 3. The van der Waals surface area contributed by atoms with E-state index >= 15 is 0 Å². The van der Waals surface area contributed by atoms with E-state index in [1.165, 1.54) is 12.8 Å². The maximum absolute atomic E-state index is 12.7. The van der Waals surface area contributed by atoms with Gasteiger partial charge in [0.25, 0.3) is 0 Å². The number of benzene rings is 1. The minimum absolute atomic E-state index is 0.103. The number of hydrogen-bond donors (Lipinski definition) is 1. The molecule has 2 heterocycles. The van der Waals surface area contributed by atoms with E-state index in [4.69, 9.17) is 11.6 Å². The molecule has 2 aromatic rings. The van der Waals surface area contributed by atoms with Crippen molar-refractivity contribution in [2.24, 2.45) is 5.92 Å². The lowest BCUT2D eigenvalue weighted by atomic mass is 10.1. The van der Waals surface area contributed by atoms with Crippen LogP contribution in [0.5, 0.6) is 0 Å². The van der Waals surface area contributed by atoms with Gasteiger partial charge in [0.15, 0.2) is 0 Å². The predicted octanol–water partition coefficient (Wildman–Crippen LogP) is 3.31. The van der Waals surface area contributed by atoms with Crippen molar-refractivity contribution in [3.05, 3.63) is 47.1 Å². The molecule has 7 heteroatoms. The van der Waals surface area contributed by atoms with Gasteiger partial charge in [0.1, 0.15) is 5.82 Å². The van der Waals surface area contributed by atoms with Gasteiger partial charge < -0.3 is 10.2 Å². The largest absolute Gasteiger partial charge is 0.339 e. The van der Waals surface area contributed by atoms with Crippen LogP contribution in [0.25, 0.3) is 0 Å². The van der Waals surface area contributed by atoms with Gasteiger partial charge in [-0.15, -0.1) is 0 Å². The van der Waals surface area contributed by atoms with Crippen molar-refractivity contribution in [2.45, 2.75) is 44.7 Å². The fourth-order valence-corrected chi connectivity index (χ4v) is 4.25. The number of halogens is 1. The molecule has 1 aliphatic heterocycles. The molecule has 1 aromatic carbocycles. The van der Waals surface area contributed by atoms with E-state index in [1.54, 1.807) is 16.9 Å². The van der Waals surface area contributed by atoms with Crippen molar-refractivity contribution >= 4 is 29.2 Å². The third kappa shape index (κ3) is 3.86. The third-order valence-corrected chi connectivity index (χ3v) is 5.91. The van der Waals surface area contributed by atoms with Crippen LogP contribution >= 0.6 is 11.6 Å². The van der Waals surface area contributed by atoms with Crippen molar-refractivity contribution in [3.8, 4) is 0 Å². The molecule has 2 fully saturated rings. The van der Waals surface area contributed by atoms with E-state index in [0.717, 1.165) is 18.4 Å². The number of amides is 2. The van der Waals surface area contributed by atoms with Crippen molar-refractivity contribution in [1.82, 2.24) is 14.7 Å².